The molecule has 102 valence electrons. The van der Waals surface area contributed by atoms with E-state index in [1.165, 1.54) is 43.4 Å². The molecule has 1 aliphatic carbocycles. The Morgan fingerprint density at radius 1 is 1.21 bits per heavy atom. The predicted molar refractivity (Wildman–Crippen MR) is 82.9 cm³/mol. The van der Waals surface area contributed by atoms with Crippen molar-refractivity contribution in [2.45, 2.75) is 39.0 Å². The molecule has 1 spiro atoms. The molecule has 19 heavy (non-hydrogen) atoms. The average Bonchev–Trinajstić information content (AvgIpc) is 2.43. The minimum absolute atomic E-state index is 0.499. The fourth-order valence-corrected chi connectivity index (χ4v) is 4.15. The third-order valence-electron chi connectivity index (χ3n) is 4.11. The first-order valence-electron chi connectivity index (χ1n) is 7.12. The SMILES string of the molecule is Cc1cncc(NC2=NCC3(CCCCC3)CS2)c1. The van der Waals surface area contributed by atoms with Gasteiger partial charge in [-0.2, -0.15) is 0 Å². The molecular formula is C15H21N3S. The molecule has 2 aliphatic rings. The molecule has 1 aromatic heterocycles. The number of amidine groups is 1. The summed E-state index contributed by atoms with van der Waals surface area (Å²) in [6, 6.07) is 2.11. The number of aliphatic imine (C=N–C) groups is 1. The van der Waals surface area contributed by atoms with Crippen molar-refractivity contribution >= 4 is 22.6 Å². The first kappa shape index (κ1) is 13.0. The highest BCUT2D eigenvalue weighted by Gasteiger charge is 2.34. The number of hydrogen-bond donors (Lipinski definition) is 1. The smallest absolute Gasteiger partial charge is 0.161 e. The van der Waals surface area contributed by atoms with E-state index >= 15 is 0 Å². The van der Waals surface area contributed by atoms with Gasteiger partial charge in [-0.25, -0.2) is 0 Å². The number of hydrogen-bond acceptors (Lipinski definition) is 4. The van der Waals surface area contributed by atoms with Crippen LogP contribution in [0.3, 0.4) is 0 Å². The molecule has 1 N–H and O–H groups in total. The van der Waals surface area contributed by atoms with E-state index in [4.69, 9.17) is 4.99 Å². The average molecular weight is 275 g/mol. The third-order valence-corrected chi connectivity index (χ3v) is 5.37. The van der Waals surface area contributed by atoms with E-state index in [1.54, 1.807) is 0 Å². The van der Waals surface area contributed by atoms with Crippen LogP contribution in [0.15, 0.2) is 23.5 Å². The Balaban J connectivity index is 1.64. The number of aryl methyl sites for hydroxylation is 1. The van der Waals surface area contributed by atoms with E-state index < -0.39 is 0 Å². The second kappa shape index (κ2) is 5.53. The van der Waals surface area contributed by atoms with Crippen LogP contribution in [0.2, 0.25) is 0 Å². The summed E-state index contributed by atoms with van der Waals surface area (Å²) >= 11 is 1.88. The fraction of sp³-hybridized carbons (Fsp3) is 0.600. The monoisotopic (exact) mass is 275 g/mol. The Bertz CT molecular complexity index is 478. The lowest BCUT2D eigenvalue weighted by atomic mass is 9.75. The van der Waals surface area contributed by atoms with Crippen LogP contribution in [0.25, 0.3) is 0 Å². The van der Waals surface area contributed by atoms with Gasteiger partial charge in [-0.15, -0.1) is 0 Å². The maximum atomic E-state index is 4.77. The molecule has 3 nitrogen and oxygen atoms in total. The molecule has 2 heterocycles. The van der Waals surface area contributed by atoms with Crippen LogP contribution in [0.1, 0.15) is 37.7 Å². The number of pyridine rings is 1. The van der Waals surface area contributed by atoms with Crippen molar-refractivity contribution in [3.05, 3.63) is 24.0 Å². The quantitative estimate of drug-likeness (QED) is 0.845. The van der Waals surface area contributed by atoms with Gasteiger partial charge in [-0.3, -0.25) is 9.98 Å². The zero-order valence-corrected chi connectivity index (χ0v) is 12.3. The van der Waals surface area contributed by atoms with E-state index in [9.17, 15) is 0 Å². The number of aromatic nitrogens is 1. The minimum atomic E-state index is 0.499. The lowest BCUT2D eigenvalue weighted by molar-refractivity contribution is 0.232. The Morgan fingerprint density at radius 2 is 2.05 bits per heavy atom. The van der Waals surface area contributed by atoms with Crippen LogP contribution in [0.4, 0.5) is 5.69 Å². The van der Waals surface area contributed by atoms with Gasteiger partial charge >= 0.3 is 0 Å². The van der Waals surface area contributed by atoms with E-state index in [0.717, 1.165) is 17.4 Å². The second-order valence-corrected chi connectivity index (χ2v) is 6.81. The maximum absolute atomic E-state index is 4.77. The van der Waals surface area contributed by atoms with Gasteiger partial charge in [-0.05, 0) is 36.8 Å². The summed E-state index contributed by atoms with van der Waals surface area (Å²) in [5.41, 5.74) is 2.72. The Hall–Kier alpha value is -1.03. The first-order valence-corrected chi connectivity index (χ1v) is 8.10. The first-order chi connectivity index (χ1) is 9.26. The summed E-state index contributed by atoms with van der Waals surface area (Å²) in [5.74, 6) is 1.22. The number of thioether (sulfide) groups is 1. The highest BCUT2D eigenvalue weighted by molar-refractivity contribution is 8.14. The second-order valence-electron chi connectivity index (χ2n) is 5.85. The molecule has 1 saturated carbocycles. The lowest BCUT2D eigenvalue weighted by Gasteiger charge is -2.38. The van der Waals surface area contributed by atoms with Crippen molar-refractivity contribution in [2.75, 3.05) is 17.6 Å². The highest BCUT2D eigenvalue weighted by atomic mass is 32.2. The molecule has 3 rings (SSSR count). The van der Waals surface area contributed by atoms with Crippen LogP contribution < -0.4 is 5.32 Å². The summed E-state index contributed by atoms with van der Waals surface area (Å²) in [7, 11) is 0. The molecule has 0 radical (unpaired) electrons. The molecule has 1 fully saturated rings. The van der Waals surface area contributed by atoms with Gasteiger partial charge in [0.05, 0.1) is 11.9 Å². The van der Waals surface area contributed by atoms with E-state index in [0.29, 0.717) is 5.41 Å². The van der Waals surface area contributed by atoms with E-state index in [1.807, 2.05) is 24.2 Å². The van der Waals surface area contributed by atoms with Crippen LogP contribution >= 0.6 is 11.8 Å². The molecule has 1 aromatic rings. The summed E-state index contributed by atoms with van der Waals surface area (Å²) < 4.78 is 0. The van der Waals surface area contributed by atoms with Crippen molar-refractivity contribution in [3.8, 4) is 0 Å². The molecule has 0 bridgehead atoms. The molecule has 0 amide bonds. The largest absolute Gasteiger partial charge is 0.334 e. The summed E-state index contributed by atoms with van der Waals surface area (Å²) in [5, 5.41) is 4.45. The number of nitrogens with one attached hydrogen (secondary N) is 1. The van der Waals surface area contributed by atoms with Gasteiger partial charge < -0.3 is 5.32 Å². The topological polar surface area (TPSA) is 37.3 Å². The van der Waals surface area contributed by atoms with Crippen LogP contribution in [0.5, 0.6) is 0 Å². The van der Waals surface area contributed by atoms with Crippen molar-refractivity contribution in [3.63, 3.8) is 0 Å². The fourth-order valence-electron chi connectivity index (χ4n) is 2.98. The number of nitrogens with zero attached hydrogens (tertiary/aromatic N) is 2. The third kappa shape index (κ3) is 3.11. The Kier molecular flexibility index (Phi) is 3.78. The van der Waals surface area contributed by atoms with Crippen LogP contribution in [-0.2, 0) is 0 Å². The summed E-state index contributed by atoms with van der Waals surface area (Å²) in [6.07, 6.45) is 10.7. The Labute approximate surface area is 119 Å². The number of anilines is 1. The molecule has 0 aromatic carbocycles. The van der Waals surface area contributed by atoms with Gasteiger partial charge in [0.15, 0.2) is 5.17 Å². The normalized spacial score (nSPS) is 22.1. The lowest BCUT2D eigenvalue weighted by Crippen LogP contribution is -2.35. The van der Waals surface area contributed by atoms with Gasteiger partial charge in [-0.1, -0.05) is 31.0 Å². The number of rotatable bonds is 1. The summed E-state index contributed by atoms with van der Waals surface area (Å²) in [4.78, 5) is 8.98. The minimum Gasteiger partial charge on any atom is -0.334 e. The summed E-state index contributed by atoms with van der Waals surface area (Å²) in [6.45, 7) is 3.06. The van der Waals surface area contributed by atoms with E-state index in [2.05, 4.69) is 23.3 Å². The van der Waals surface area contributed by atoms with Crippen molar-refractivity contribution < 1.29 is 0 Å². The van der Waals surface area contributed by atoms with Gasteiger partial charge in [0.2, 0.25) is 0 Å². The zero-order chi connectivity index (χ0) is 13.1. The molecule has 0 unspecified atom stereocenters. The maximum Gasteiger partial charge on any atom is 0.161 e. The highest BCUT2D eigenvalue weighted by Crippen LogP contribution is 2.41. The standard InChI is InChI=1S/C15H21N3S/c1-12-7-13(9-16-8-12)18-14-17-10-15(11-19-14)5-3-2-4-6-15/h7-9H,2-6,10-11H2,1H3,(H,17,18). The molecular weight excluding hydrogens is 254 g/mol. The van der Waals surface area contributed by atoms with Gasteiger partial charge in [0.1, 0.15) is 0 Å². The van der Waals surface area contributed by atoms with E-state index in [-0.39, 0.29) is 0 Å². The molecule has 0 saturated heterocycles. The van der Waals surface area contributed by atoms with Gasteiger partial charge in [0.25, 0.3) is 0 Å². The Morgan fingerprint density at radius 3 is 2.74 bits per heavy atom. The molecule has 4 heteroatoms. The zero-order valence-electron chi connectivity index (χ0n) is 11.5. The molecule has 0 atom stereocenters. The van der Waals surface area contributed by atoms with Crippen LogP contribution in [-0.4, -0.2) is 22.4 Å². The van der Waals surface area contributed by atoms with Crippen molar-refractivity contribution in [1.29, 1.82) is 0 Å². The molecule has 1 aliphatic heterocycles. The predicted octanol–water partition coefficient (Wildman–Crippen LogP) is 3.86. The van der Waals surface area contributed by atoms with Crippen LogP contribution in [0, 0.1) is 12.3 Å². The van der Waals surface area contributed by atoms with Gasteiger partial charge in [0, 0.05) is 18.5 Å². The van der Waals surface area contributed by atoms with Crippen molar-refractivity contribution in [2.24, 2.45) is 10.4 Å². The van der Waals surface area contributed by atoms with Crippen molar-refractivity contribution in [1.82, 2.24) is 4.98 Å².